The summed E-state index contributed by atoms with van der Waals surface area (Å²) in [5.74, 6) is 0.475. The first kappa shape index (κ1) is 15.2. The van der Waals surface area contributed by atoms with E-state index in [9.17, 15) is 0 Å². The van der Waals surface area contributed by atoms with Gasteiger partial charge in [0, 0.05) is 0 Å². The van der Waals surface area contributed by atoms with Crippen molar-refractivity contribution in [2.24, 2.45) is 0 Å². The van der Waals surface area contributed by atoms with Crippen molar-refractivity contribution in [2.45, 2.75) is 59.0 Å². The van der Waals surface area contributed by atoms with Crippen LogP contribution in [0.15, 0.2) is 22.8 Å². The zero-order valence-electron chi connectivity index (χ0n) is 11.9. The topological polar surface area (TPSA) is 50.1 Å². The minimum atomic E-state index is -0.863. The molecule has 18 heavy (non-hydrogen) atoms. The first-order valence-corrected chi connectivity index (χ1v) is 5.90. The smallest absolute Gasteiger partial charge is 0.281 e. The van der Waals surface area contributed by atoms with Gasteiger partial charge < -0.3 is 4.42 Å². The summed E-state index contributed by atoms with van der Waals surface area (Å²) in [6.45, 7) is 11.2. The number of rotatable bonds is 5. The Kier molecular flexibility index (Phi) is 4.92. The molecule has 1 aromatic heterocycles. The van der Waals surface area contributed by atoms with Crippen molar-refractivity contribution in [1.82, 2.24) is 0 Å². The Morgan fingerprint density at radius 1 is 0.944 bits per heavy atom. The van der Waals surface area contributed by atoms with Gasteiger partial charge in [0.15, 0.2) is 5.76 Å². The van der Waals surface area contributed by atoms with Crippen molar-refractivity contribution in [3.05, 3.63) is 24.2 Å². The van der Waals surface area contributed by atoms with Gasteiger partial charge in [0.25, 0.3) is 6.29 Å². The SMILES string of the molecule is CC(C)(C)OOC(OOC(C)(C)C)c1ccco1. The van der Waals surface area contributed by atoms with E-state index in [-0.39, 0.29) is 0 Å². The van der Waals surface area contributed by atoms with Crippen molar-refractivity contribution in [3.63, 3.8) is 0 Å². The Bertz CT molecular complexity index is 313. The molecule has 0 aliphatic rings. The van der Waals surface area contributed by atoms with Crippen LogP contribution in [-0.4, -0.2) is 11.2 Å². The molecule has 1 heterocycles. The van der Waals surface area contributed by atoms with Crippen LogP contribution in [0.2, 0.25) is 0 Å². The fourth-order valence-electron chi connectivity index (χ4n) is 0.912. The minimum Gasteiger partial charge on any atom is -0.464 e. The predicted octanol–water partition coefficient (Wildman–Crippen LogP) is 3.77. The lowest BCUT2D eigenvalue weighted by Gasteiger charge is -2.24. The highest BCUT2D eigenvalue weighted by Crippen LogP contribution is 2.24. The standard InChI is InChI=1S/C13H22O5/c1-12(2,3)17-15-11(10-8-7-9-14-10)16-18-13(4,5)6/h7-9,11H,1-6H3. The van der Waals surface area contributed by atoms with Crippen LogP contribution in [0.1, 0.15) is 53.6 Å². The van der Waals surface area contributed by atoms with Crippen LogP contribution in [0.4, 0.5) is 0 Å². The largest absolute Gasteiger partial charge is 0.464 e. The summed E-state index contributed by atoms with van der Waals surface area (Å²) in [6.07, 6.45) is 0.668. The Balaban J connectivity index is 2.59. The molecule has 0 saturated heterocycles. The summed E-state index contributed by atoms with van der Waals surface area (Å²) in [5, 5.41) is 0. The summed E-state index contributed by atoms with van der Waals surface area (Å²) in [6, 6.07) is 3.46. The number of furan rings is 1. The van der Waals surface area contributed by atoms with E-state index in [1.165, 1.54) is 6.26 Å². The molecular formula is C13H22O5. The fourth-order valence-corrected chi connectivity index (χ4v) is 0.912. The predicted molar refractivity (Wildman–Crippen MR) is 65.3 cm³/mol. The highest BCUT2D eigenvalue weighted by Gasteiger charge is 2.25. The fraction of sp³-hybridized carbons (Fsp3) is 0.692. The van der Waals surface area contributed by atoms with E-state index in [4.69, 9.17) is 24.0 Å². The Morgan fingerprint density at radius 2 is 1.44 bits per heavy atom. The van der Waals surface area contributed by atoms with Crippen LogP contribution in [0.25, 0.3) is 0 Å². The van der Waals surface area contributed by atoms with Gasteiger partial charge in [-0.2, -0.15) is 9.78 Å². The third kappa shape index (κ3) is 6.16. The summed E-state index contributed by atoms with van der Waals surface area (Å²) in [5.41, 5.74) is -0.897. The molecule has 0 radical (unpaired) electrons. The van der Waals surface area contributed by atoms with Crippen molar-refractivity contribution in [3.8, 4) is 0 Å². The molecule has 0 bridgehead atoms. The molecule has 0 aliphatic carbocycles. The van der Waals surface area contributed by atoms with Crippen molar-refractivity contribution in [1.29, 1.82) is 0 Å². The van der Waals surface area contributed by atoms with E-state index in [2.05, 4.69) is 0 Å². The zero-order chi connectivity index (χ0) is 13.8. The lowest BCUT2D eigenvalue weighted by Crippen LogP contribution is -2.25. The van der Waals surface area contributed by atoms with Crippen molar-refractivity contribution < 1.29 is 24.0 Å². The third-order valence-corrected chi connectivity index (χ3v) is 1.55. The first-order valence-electron chi connectivity index (χ1n) is 5.90. The summed E-state index contributed by atoms with van der Waals surface area (Å²) >= 11 is 0. The normalized spacial score (nSPS) is 13.3. The molecule has 0 aromatic carbocycles. The molecule has 5 nitrogen and oxygen atoms in total. The van der Waals surface area contributed by atoms with E-state index in [0.29, 0.717) is 5.76 Å². The van der Waals surface area contributed by atoms with Gasteiger partial charge in [0.1, 0.15) is 0 Å². The number of hydrogen-bond acceptors (Lipinski definition) is 5. The van der Waals surface area contributed by atoms with Crippen LogP contribution in [0.5, 0.6) is 0 Å². The van der Waals surface area contributed by atoms with Gasteiger partial charge in [0.2, 0.25) is 0 Å². The van der Waals surface area contributed by atoms with Gasteiger partial charge in [-0.1, -0.05) is 0 Å². The maximum Gasteiger partial charge on any atom is 0.281 e. The molecule has 104 valence electrons. The summed E-state index contributed by atoms with van der Waals surface area (Å²) < 4.78 is 5.22. The van der Waals surface area contributed by atoms with Crippen molar-refractivity contribution in [2.75, 3.05) is 0 Å². The third-order valence-electron chi connectivity index (χ3n) is 1.55. The van der Waals surface area contributed by atoms with Gasteiger partial charge in [0.05, 0.1) is 17.5 Å². The van der Waals surface area contributed by atoms with Gasteiger partial charge >= 0.3 is 0 Å². The molecule has 0 atom stereocenters. The summed E-state index contributed by atoms with van der Waals surface area (Å²) in [4.78, 5) is 20.8. The Morgan fingerprint density at radius 3 is 1.78 bits per heavy atom. The van der Waals surface area contributed by atoms with Crippen LogP contribution < -0.4 is 0 Å². The molecule has 0 spiro atoms. The van der Waals surface area contributed by atoms with Crippen LogP contribution >= 0.6 is 0 Å². The Hall–Kier alpha value is -0.880. The molecular weight excluding hydrogens is 236 g/mol. The zero-order valence-corrected chi connectivity index (χ0v) is 11.9. The second-order valence-corrected chi connectivity index (χ2v) is 5.93. The molecule has 5 heteroatoms. The maximum absolute atomic E-state index is 5.22. The molecule has 0 amide bonds. The molecule has 0 fully saturated rings. The van der Waals surface area contributed by atoms with Gasteiger partial charge in [-0.05, 0) is 53.7 Å². The minimum absolute atomic E-state index is 0.448. The van der Waals surface area contributed by atoms with Gasteiger partial charge in [-0.15, -0.1) is 0 Å². The monoisotopic (exact) mass is 258 g/mol. The average molecular weight is 258 g/mol. The van der Waals surface area contributed by atoms with E-state index in [0.717, 1.165) is 0 Å². The lowest BCUT2D eigenvalue weighted by molar-refractivity contribution is -0.505. The Labute approximate surface area is 108 Å². The van der Waals surface area contributed by atoms with Crippen molar-refractivity contribution >= 4 is 0 Å². The maximum atomic E-state index is 5.22. The van der Waals surface area contributed by atoms with Gasteiger partial charge in [-0.25, -0.2) is 9.78 Å². The quantitative estimate of drug-likeness (QED) is 0.457. The average Bonchev–Trinajstić information content (AvgIpc) is 2.67. The highest BCUT2D eigenvalue weighted by molar-refractivity contribution is 4.99. The molecule has 1 aromatic rings. The van der Waals surface area contributed by atoms with Gasteiger partial charge in [-0.3, -0.25) is 0 Å². The first-order chi connectivity index (χ1) is 8.17. The van der Waals surface area contributed by atoms with Crippen LogP contribution in [-0.2, 0) is 19.6 Å². The van der Waals surface area contributed by atoms with E-state index in [1.54, 1.807) is 12.1 Å². The van der Waals surface area contributed by atoms with Crippen LogP contribution in [0.3, 0.4) is 0 Å². The van der Waals surface area contributed by atoms with E-state index < -0.39 is 17.5 Å². The van der Waals surface area contributed by atoms with Crippen LogP contribution in [0, 0.1) is 0 Å². The highest BCUT2D eigenvalue weighted by atomic mass is 17.3. The lowest BCUT2D eigenvalue weighted by atomic mass is 10.2. The van der Waals surface area contributed by atoms with E-state index >= 15 is 0 Å². The molecule has 0 N–H and O–H groups in total. The van der Waals surface area contributed by atoms with E-state index in [1.807, 2.05) is 41.5 Å². The second-order valence-electron chi connectivity index (χ2n) is 5.93. The number of hydrogen-bond donors (Lipinski definition) is 0. The molecule has 0 aliphatic heterocycles. The molecule has 0 unspecified atom stereocenters. The summed E-state index contributed by atoms with van der Waals surface area (Å²) in [7, 11) is 0. The second kappa shape index (κ2) is 5.84. The molecule has 1 rings (SSSR count). The molecule has 0 saturated carbocycles.